The van der Waals surface area contributed by atoms with E-state index in [0.717, 1.165) is 0 Å². The van der Waals surface area contributed by atoms with Gasteiger partial charge in [0.1, 0.15) is 11.2 Å². The molecule has 1 aliphatic rings. The van der Waals surface area contributed by atoms with E-state index in [9.17, 15) is 14.7 Å². The highest BCUT2D eigenvalue weighted by atomic mass is 32.1. The second-order valence-corrected chi connectivity index (χ2v) is 5.10. The molecule has 0 saturated carbocycles. The fraction of sp³-hybridized carbons (Fsp3) is 0.500. The van der Waals surface area contributed by atoms with Crippen LogP contribution in [0.3, 0.4) is 0 Å². The number of amides is 1. The van der Waals surface area contributed by atoms with Crippen LogP contribution in [0.5, 0.6) is 0 Å². The lowest BCUT2D eigenvalue weighted by Gasteiger charge is -2.30. The predicted molar refractivity (Wildman–Crippen MR) is 62.8 cm³/mol. The number of nitrogens with zero attached hydrogens (tertiary/aromatic N) is 2. The van der Waals surface area contributed by atoms with E-state index in [0.29, 0.717) is 24.5 Å². The number of nitrogen functional groups attached to an aromatic ring is 1. The SMILES string of the molecule is CC1(C(=O)O)CCCN1C(=O)c1csc(N)n1. The van der Waals surface area contributed by atoms with Gasteiger partial charge in [0.15, 0.2) is 5.13 Å². The Kier molecular flexibility index (Phi) is 2.78. The first-order chi connectivity index (χ1) is 7.95. The normalized spacial score (nSPS) is 23.9. The van der Waals surface area contributed by atoms with Crippen molar-refractivity contribution < 1.29 is 14.7 Å². The molecular formula is C10H13N3O3S. The maximum atomic E-state index is 12.1. The van der Waals surface area contributed by atoms with Crippen LogP contribution < -0.4 is 5.73 Å². The van der Waals surface area contributed by atoms with E-state index in [-0.39, 0.29) is 11.6 Å². The maximum absolute atomic E-state index is 12.1. The predicted octanol–water partition coefficient (Wildman–Crippen LogP) is 0.805. The largest absolute Gasteiger partial charge is 0.480 e. The van der Waals surface area contributed by atoms with Gasteiger partial charge < -0.3 is 15.7 Å². The molecule has 6 nitrogen and oxygen atoms in total. The number of carboxylic acid groups (broad SMARTS) is 1. The molecule has 7 heteroatoms. The van der Waals surface area contributed by atoms with Gasteiger partial charge in [-0.15, -0.1) is 11.3 Å². The third kappa shape index (κ3) is 1.86. The molecule has 3 N–H and O–H groups in total. The Bertz CT molecular complexity index is 473. The quantitative estimate of drug-likeness (QED) is 0.815. The summed E-state index contributed by atoms with van der Waals surface area (Å²) in [6.45, 7) is 2.01. The van der Waals surface area contributed by atoms with E-state index in [1.54, 1.807) is 12.3 Å². The molecule has 1 saturated heterocycles. The minimum absolute atomic E-state index is 0.224. The van der Waals surface area contributed by atoms with Crippen LogP contribution in [0.4, 0.5) is 5.13 Å². The van der Waals surface area contributed by atoms with Gasteiger partial charge >= 0.3 is 5.97 Å². The lowest BCUT2D eigenvalue weighted by Crippen LogP contribution is -2.50. The van der Waals surface area contributed by atoms with Crippen LogP contribution in [-0.4, -0.2) is 39.0 Å². The summed E-state index contributed by atoms with van der Waals surface area (Å²) in [4.78, 5) is 28.6. The van der Waals surface area contributed by atoms with Crippen molar-refractivity contribution in [3.63, 3.8) is 0 Å². The zero-order chi connectivity index (χ0) is 12.6. The standard InChI is InChI=1S/C10H13N3O3S/c1-10(8(15)16)3-2-4-13(10)7(14)6-5-17-9(11)12-6/h5H,2-4H2,1H3,(H2,11,12)(H,15,16). The summed E-state index contributed by atoms with van der Waals surface area (Å²) in [5, 5.41) is 11.1. The fourth-order valence-corrected chi connectivity index (χ4v) is 2.57. The second kappa shape index (κ2) is 3.99. The molecule has 1 amide bonds. The van der Waals surface area contributed by atoms with Crippen molar-refractivity contribution in [1.82, 2.24) is 9.88 Å². The molecule has 1 aromatic rings. The Morgan fingerprint density at radius 2 is 2.35 bits per heavy atom. The first-order valence-corrected chi connectivity index (χ1v) is 6.09. The van der Waals surface area contributed by atoms with Gasteiger partial charge in [-0.1, -0.05) is 0 Å². The molecular weight excluding hydrogens is 242 g/mol. The number of carboxylic acids is 1. The molecule has 1 fully saturated rings. The van der Waals surface area contributed by atoms with Crippen molar-refractivity contribution in [1.29, 1.82) is 0 Å². The van der Waals surface area contributed by atoms with Gasteiger partial charge in [-0.05, 0) is 19.8 Å². The highest BCUT2D eigenvalue weighted by Crippen LogP contribution is 2.31. The first-order valence-electron chi connectivity index (χ1n) is 5.21. The number of likely N-dealkylation sites (tertiary alicyclic amines) is 1. The van der Waals surface area contributed by atoms with Gasteiger partial charge in [-0.3, -0.25) is 4.79 Å². The van der Waals surface area contributed by atoms with Gasteiger partial charge in [-0.2, -0.15) is 0 Å². The van der Waals surface area contributed by atoms with Gasteiger partial charge in [0.2, 0.25) is 0 Å². The molecule has 0 bridgehead atoms. The Morgan fingerprint density at radius 1 is 1.65 bits per heavy atom. The Morgan fingerprint density at radius 3 is 2.88 bits per heavy atom. The minimum Gasteiger partial charge on any atom is -0.480 e. The summed E-state index contributed by atoms with van der Waals surface area (Å²) in [6.07, 6.45) is 1.15. The van der Waals surface area contributed by atoms with Crippen LogP contribution in [0.2, 0.25) is 0 Å². The molecule has 1 aromatic heterocycles. The van der Waals surface area contributed by atoms with E-state index in [4.69, 9.17) is 5.73 Å². The number of hydrogen-bond donors (Lipinski definition) is 2. The van der Waals surface area contributed by atoms with Gasteiger partial charge in [0, 0.05) is 11.9 Å². The number of thiazole rings is 1. The van der Waals surface area contributed by atoms with Crippen LogP contribution in [0.1, 0.15) is 30.3 Å². The zero-order valence-corrected chi connectivity index (χ0v) is 10.2. The summed E-state index contributed by atoms with van der Waals surface area (Å²) < 4.78 is 0. The highest BCUT2D eigenvalue weighted by Gasteiger charge is 2.46. The molecule has 92 valence electrons. The number of rotatable bonds is 2. The summed E-state index contributed by atoms with van der Waals surface area (Å²) in [7, 11) is 0. The molecule has 2 heterocycles. The highest BCUT2D eigenvalue weighted by molar-refractivity contribution is 7.13. The number of carbonyl (C=O) groups excluding carboxylic acids is 1. The van der Waals surface area contributed by atoms with Crippen LogP contribution >= 0.6 is 11.3 Å². The number of nitrogens with two attached hydrogens (primary N) is 1. The van der Waals surface area contributed by atoms with E-state index in [1.807, 2.05) is 0 Å². The van der Waals surface area contributed by atoms with Gasteiger partial charge in [-0.25, -0.2) is 9.78 Å². The van der Waals surface area contributed by atoms with Crippen molar-refractivity contribution in [3.05, 3.63) is 11.1 Å². The molecule has 1 aliphatic heterocycles. The van der Waals surface area contributed by atoms with E-state index in [1.165, 1.54) is 16.2 Å². The van der Waals surface area contributed by atoms with E-state index in [2.05, 4.69) is 4.98 Å². The number of hydrogen-bond acceptors (Lipinski definition) is 5. The molecule has 17 heavy (non-hydrogen) atoms. The average Bonchev–Trinajstić information content (AvgIpc) is 2.85. The number of aliphatic carboxylic acids is 1. The molecule has 1 atom stereocenters. The number of carbonyl (C=O) groups is 2. The summed E-state index contributed by atoms with van der Waals surface area (Å²) in [6, 6.07) is 0. The summed E-state index contributed by atoms with van der Waals surface area (Å²) in [5.41, 5.74) is 4.56. The van der Waals surface area contributed by atoms with Crippen LogP contribution in [-0.2, 0) is 4.79 Å². The zero-order valence-electron chi connectivity index (χ0n) is 9.34. The molecule has 0 radical (unpaired) electrons. The van der Waals surface area contributed by atoms with Crippen LogP contribution in [0.15, 0.2) is 5.38 Å². The van der Waals surface area contributed by atoms with Crippen LogP contribution in [0, 0.1) is 0 Å². The number of aromatic nitrogens is 1. The number of anilines is 1. The molecule has 0 aromatic carbocycles. The average molecular weight is 255 g/mol. The Hall–Kier alpha value is -1.63. The first kappa shape index (κ1) is 11.8. The van der Waals surface area contributed by atoms with Gasteiger partial charge in [0.25, 0.3) is 5.91 Å². The summed E-state index contributed by atoms with van der Waals surface area (Å²) >= 11 is 1.17. The minimum atomic E-state index is -1.13. The maximum Gasteiger partial charge on any atom is 0.329 e. The van der Waals surface area contributed by atoms with Crippen LogP contribution in [0.25, 0.3) is 0 Å². The van der Waals surface area contributed by atoms with Crippen molar-refractivity contribution >= 4 is 28.3 Å². The summed E-state index contributed by atoms with van der Waals surface area (Å²) in [5.74, 6) is -1.34. The van der Waals surface area contributed by atoms with Crippen molar-refractivity contribution in [2.75, 3.05) is 12.3 Å². The topological polar surface area (TPSA) is 96.5 Å². The monoisotopic (exact) mass is 255 g/mol. The molecule has 2 rings (SSSR count). The Labute approximate surface area is 102 Å². The lowest BCUT2D eigenvalue weighted by molar-refractivity contribution is -0.147. The van der Waals surface area contributed by atoms with E-state index >= 15 is 0 Å². The van der Waals surface area contributed by atoms with Gasteiger partial charge in [0.05, 0.1) is 0 Å². The smallest absolute Gasteiger partial charge is 0.329 e. The molecule has 0 aliphatic carbocycles. The third-order valence-electron chi connectivity index (χ3n) is 3.09. The van der Waals surface area contributed by atoms with E-state index < -0.39 is 11.5 Å². The van der Waals surface area contributed by atoms with Crippen molar-refractivity contribution in [2.24, 2.45) is 0 Å². The van der Waals surface area contributed by atoms with Crippen molar-refractivity contribution in [2.45, 2.75) is 25.3 Å². The van der Waals surface area contributed by atoms with Crippen molar-refractivity contribution in [3.8, 4) is 0 Å². The fourth-order valence-electron chi connectivity index (χ4n) is 2.04. The second-order valence-electron chi connectivity index (χ2n) is 4.21. The molecule has 1 unspecified atom stereocenters. The Balaban J connectivity index is 2.28. The third-order valence-corrected chi connectivity index (χ3v) is 3.76. The molecule has 0 spiro atoms. The lowest BCUT2D eigenvalue weighted by atomic mass is 9.99.